The molecule has 98 valence electrons. The van der Waals surface area contributed by atoms with Crippen molar-refractivity contribution < 1.29 is 14.3 Å². The quantitative estimate of drug-likeness (QED) is 0.742. The van der Waals surface area contributed by atoms with E-state index in [4.69, 9.17) is 0 Å². The lowest BCUT2D eigenvalue weighted by Crippen LogP contribution is -2.50. The van der Waals surface area contributed by atoms with E-state index in [0.717, 1.165) is 31.6 Å². The van der Waals surface area contributed by atoms with E-state index < -0.39 is 5.82 Å². The molecule has 2 rings (SSSR count). The van der Waals surface area contributed by atoms with Gasteiger partial charge in [0.2, 0.25) is 0 Å². The lowest BCUT2D eigenvalue weighted by Gasteiger charge is -2.30. The summed E-state index contributed by atoms with van der Waals surface area (Å²) in [4.78, 5) is 12.0. The second-order valence-electron chi connectivity index (χ2n) is 4.71. The van der Waals surface area contributed by atoms with E-state index in [9.17, 15) is 14.3 Å². The van der Waals surface area contributed by atoms with Crippen LogP contribution >= 0.6 is 0 Å². The average Bonchev–Trinajstić information content (AvgIpc) is 2.32. The number of phenolic OH excluding ortho intramolecular Hbond substituents is 1. The first-order valence-electron chi connectivity index (χ1n) is 6.08. The summed E-state index contributed by atoms with van der Waals surface area (Å²) in [6, 6.07) is 3.44. The molecular weight excluding hydrogens is 235 g/mol. The molecule has 18 heavy (non-hydrogen) atoms. The van der Waals surface area contributed by atoms with Crippen molar-refractivity contribution in [1.82, 2.24) is 10.6 Å². The summed E-state index contributed by atoms with van der Waals surface area (Å²) in [6.45, 7) is 3.75. The van der Waals surface area contributed by atoms with Crippen LogP contribution in [0.25, 0.3) is 0 Å². The average molecular weight is 252 g/mol. The lowest BCUT2D eigenvalue weighted by atomic mass is 9.94. The van der Waals surface area contributed by atoms with E-state index in [1.807, 2.05) is 0 Å². The summed E-state index contributed by atoms with van der Waals surface area (Å²) in [5.41, 5.74) is 0.106. The zero-order valence-electron chi connectivity index (χ0n) is 10.2. The molecule has 1 amide bonds. The molecule has 1 fully saturated rings. The number of phenols is 1. The van der Waals surface area contributed by atoms with Gasteiger partial charge in [-0.15, -0.1) is 0 Å². The van der Waals surface area contributed by atoms with Gasteiger partial charge in [-0.25, -0.2) is 4.39 Å². The summed E-state index contributed by atoms with van der Waals surface area (Å²) in [5.74, 6) is -0.869. The highest BCUT2D eigenvalue weighted by Crippen LogP contribution is 2.19. The molecule has 4 nitrogen and oxygen atoms in total. The van der Waals surface area contributed by atoms with Crippen LogP contribution in [0, 0.1) is 11.7 Å². The van der Waals surface area contributed by atoms with E-state index in [1.165, 1.54) is 6.07 Å². The summed E-state index contributed by atoms with van der Waals surface area (Å²) in [7, 11) is 0. The minimum Gasteiger partial charge on any atom is -0.507 e. The smallest absolute Gasteiger partial charge is 0.255 e. The second-order valence-corrected chi connectivity index (χ2v) is 4.71. The number of piperidine rings is 1. The Morgan fingerprint density at radius 3 is 3.00 bits per heavy atom. The van der Waals surface area contributed by atoms with Gasteiger partial charge in [0, 0.05) is 18.7 Å². The molecule has 0 saturated carbocycles. The van der Waals surface area contributed by atoms with E-state index in [1.54, 1.807) is 0 Å². The van der Waals surface area contributed by atoms with Gasteiger partial charge in [0.1, 0.15) is 11.6 Å². The molecule has 1 aromatic rings. The summed E-state index contributed by atoms with van der Waals surface area (Å²) in [6.07, 6.45) is 1.00. The fraction of sp³-hybridized carbons (Fsp3) is 0.462. The van der Waals surface area contributed by atoms with E-state index in [-0.39, 0.29) is 23.3 Å². The standard InChI is InChI=1S/C13H17FN2O2/c1-8-4-5-15-7-11(8)16-13(18)10-3-2-9(14)6-12(10)17/h2-3,6,8,11,15,17H,4-5,7H2,1H3,(H,16,18). The van der Waals surface area contributed by atoms with Crippen LogP contribution in [0.3, 0.4) is 0 Å². The highest BCUT2D eigenvalue weighted by molar-refractivity contribution is 5.97. The predicted molar refractivity (Wildman–Crippen MR) is 66.0 cm³/mol. The highest BCUT2D eigenvalue weighted by atomic mass is 19.1. The number of aromatic hydroxyl groups is 1. The molecule has 1 heterocycles. The Morgan fingerprint density at radius 2 is 2.33 bits per heavy atom. The van der Waals surface area contributed by atoms with Crippen LogP contribution in [0.4, 0.5) is 4.39 Å². The Hall–Kier alpha value is -1.62. The van der Waals surface area contributed by atoms with Crippen LogP contribution in [0.2, 0.25) is 0 Å². The maximum absolute atomic E-state index is 12.8. The summed E-state index contributed by atoms with van der Waals surface area (Å²) in [5, 5.41) is 15.6. The van der Waals surface area contributed by atoms with Gasteiger partial charge in [-0.3, -0.25) is 4.79 Å². The molecule has 1 saturated heterocycles. The molecular formula is C13H17FN2O2. The second kappa shape index (κ2) is 5.35. The van der Waals surface area contributed by atoms with Gasteiger partial charge >= 0.3 is 0 Å². The normalized spacial score (nSPS) is 23.7. The van der Waals surface area contributed by atoms with E-state index in [0.29, 0.717) is 5.92 Å². The largest absolute Gasteiger partial charge is 0.507 e. The van der Waals surface area contributed by atoms with Crippen molar-refractivity contribution in [2.45, 2.75) is 19.4 Å². The lowest BCUT2D eigenvalue weighted by molar-refractivity contribution is 0.0912. The van der Waals surface area contributed by atoms with Crippen LogP contribution < -0.4 is 10.6 Å². The Bertz CT molecular complexity index is 451. The summed E-state index contributed by atoms with van der Waals surface area (Å²) >= 11 is 0. The van der Waals surface area contributed by atoms with Crippen molar-refractivity contribution in [1.29, 1.82) is 0 Å². The maximum atomic E-state index is 12.8. The molecule has 2 unspecified atom stereocenters. The SMILES string of the molecule is CC1CCNCC1NC(=O)c1ccc(F)cc1O. The van der Waals surface area contributed by atoms with Crippen LogP contribution in [0.1, 0.15) is 23.7 Å². The van der Waals surface area contributed by atoms with Gasteiger partial charge in [-0.05, 0) is 31.0 Å². The Morgan fingerprint density at radius 1 is 1.56 bits per heavy atom. The minimum absolute atomic E-state index is 0.0377. The molecule has 0 aromatic heterocycles. The number of amides is 1. The topological polar surface area (TPSA) is 61.4 Å². The highest BCUT2D eigenvalue weighted by Gasteiger charge is 2.24. The van der Waals surface area contributed by atoms with Crippen molar-refractivity contribution in [3.05, 3.63) is 29.6 Å². The molecule has 0 aliphatic carbocycles. The van der Waals surface area contributed by atoms with Crippen molar-refractivity contribution >= 4 is 5.91 Å². The van der Waals surface area contributed by atoms with Crippen LogP contribution in [-0.2, 0) is 0 Å². The minimum atomic E-state index is -0.559. The Balaban J connectivity index is 2.07. The third-order valence-electron chi connectivity index (χ3n) is 3.35. The van der Waals surface area contributed by atoms with Gasteiger partial charge in [0.15, 0.2) is 0 Å². The first kappa shape index (κ1) is 12.8. The maximum Gasteiger partial charge on any atom is 0.255 e. The number of carbonyl (C=O) groups is 1. The predicted octanol–water partition coefficient (Wildman–Crippen LogP) is 1.26. The number of carbonyl (C=O) groups excluding carboxylic acids is 1. The first-order valence-corrected chi connectivity index (χ1v) is 6.08. The van der Waals surface area contributed by atoms with Crippen LogP contribution in [-0.4, -0.2) is 30.1 Å². The van der Waals surface area contributed by atoms with Gasteiger partial charge in [0.05, 0.1) is 5.56 Å². The molecule has 0 bridgehead atoms. The van der Waals surface area contributed by atoms with Crippen LogP contribution in [0.5, 0.6) is 5.75 Å². The van der Waals surface area contributed by atoms with Crippen molar-refractivity contribution in [2.24, 2.45) is 5.92 Å². The van der Waals surface area contributed by atoms with Gasteiger partial charge in [-0.1, -0.05) is 6.92 Å². The van der Waals surface area contributed by atoms with Crippen molar-refractivity contribution in [2.75, 3.05) is 13.1 Å². The van der Waals surface area contributed by atoms with Gasteiger partial charge in [-0.2, -0.15) is 0 Å². The number of hydrogen-bond donors (Lipinski definition) is 3. The Labute approximate surface area is 105 Å². The van der Waals surface area contributed by atoms with Crippen LogP contribution in [0.15, 0.2) is 18.2 Å². The zero-order chi connectivity index (χ0) is 13.1. The first-order chi connectivity index (χ1) is 8.58. The van der Waals surface area contributed by atoms with Gasteiger partial charge < -0.3 is 15.7 Å². The third kappa shape index (κ3) is 2.79. The molecule has 5 heteroatoms. The summed E-state index contributed by atoms with van der Waals surface area (Å²) < 4.78 is 12.8. The Kier molecular flexibility index (Phi) is 3.81. The molecule has 1 aliphatic heterocycles. The number of hydrogen-bond acceptors (Lipinski definition) is 3. The monoisotopic (exact) mass is 252 g/mol. The van der Waals surface area contributed by atoms with Gasteiger partial charge in [0.25, 0.3) is 5.91 Å². The molecule has 0 spiro atoms. The van der Waals surface area contributed by atoms with Crippen molar-refractivity contribution in [3.8, 4) is 5.75 Å². The zero-order valence-corrected chi connectivity index (χ0v) is 10.2. The van der Waals surface area contributed by atoms with E-state index >= 15 is 0 Å². The molecule has 2 atom stereocenters. The third-order valence-corrected chi connectivity index (χ3v) is 3.35. The fourth-order valence-electron chi connectivity index (χ4n) is 2.13. The number of nitrogens with one attached hydrogen (secondary N) is 2. The number of rotatable bonds is 2. The number of halogens is 1. The molecule has 1 aromatic carbocycles. The van der Waals surface area contributed by atoms with Crippen molar-refractivity contribution in [3.63, 3.8) is 0 Å². The molecule has 1 aliphatic rings. The number of benzene rings is 1. The molecule has 0 radical (unpaired) electrons. The molecule has 3 N–H and O–H groups in total. The fourth-order valence-corrected chi connectivity index (χ4v) is 2.13. The van der Waals surface area contributed by atoms with E-state index in [2.05, 4.69) is 17.6 Å².